The van der Waals surface area contributed by atoms with Crippen molar-refractivity contribution in [1.82, 2.24) is 0 Å². The lowest BCUT2D eigenvalue weighted by Gasteiger charge is -2.33. The van der Waals surface area contributed by atoms with Gasteiger partial charge in [0.25, 0.3) is 5.91 Å². The summed E-state index contributed by atoms with van der Waals surface area (Å²) >= 11 is 6.10. The van der Waals surface area contributed by atoms with E-state index in [0.29, 0.717) is 10.7 Å². The van der Waals surface area contributed by atoms with Gasteiger partial charge in [-0.3, -0.25) is 9.10 Å². The molecule has 2 atom stereocenters. The van der Waals surface area contributed by atoms with E-state index in [0.717, 1.165) is 29.5 Å². The minimum Gasteiger partial charge on any atom is -0.307 e. The van der Waals surface area contributed by atoms with E-state index in [-0.39, 0.29) is 11.9 Å². The molecule has 2 aromatic rings. The number of para-hydroxylation sites is 1. The second-order valence-corrected chi connectivity index (χ2v) is 9.35. The molecule has 1 heterocycles. The average Bonchev–Trinajstić information content (AvgIpc) is 2.92. The lowest BCUT2D eigenvalue weighted by Crippen LogP contribution is -2.51. The van der Waals surface area contributed by atoms with Gasteiger partial charge in [0.2, 0.25) is 10.0 Å². The zero-order valence-electron chi connectivity index (χ0n) is 15.8. The number of hydrogen-bond donors (Lipinski definition) is 0. The maximum absolute atomic E-state index is 13.4. The lowest BCUT2D eigenvalue weighted by molar-refractivity contribution is -0.119. The summed E-state index contributed by atoms with van der Waals surface area (Å²) in [5, 5.41) is 0.420. The van der Waals surface area contributed by atoms with Gasteiger partial charge in [-0.1, -0.05) is 35.9 Å². The summed E-state index contributed by atoms with van der Waals surface area (Å²) < 4.78 is 26.4. The third-order valence-corrected chi connectivity index (χ3v) is 6.38. The Balaban J connectivity index is 2.04. The highest BCUT2D eigenvalue weighted by atomic mass is 35.5. The molecule has 144 valence electrons. The summed E-state index contributed by atoms with van der Waals surface area (Å²) in [6.45, 7) is 5.40. The third kappa shape index (κ3) is 3.69. The molecule has 0 bridgehead atoms. The fourth-order valence-corrected chi connectivity index (χ4v) is 5.08. The molecule has 0 fully saturated rings. The Morgan fingerprint density at radius 1 is 1.26 bits per heavy atom. The van der Waals surface area contributed by atoms with Crippen molar-refractivity contribution in [3.8, 4) is 0 Å². The first-order valence-electron chi connectivity index (χ1n) is 8.78. The number of anilines is 2. The SMILES string of the molecule is Cc1ccc(Cl)cc1N([C@H](C)C(=O)N1c2ccccc2C[C@H]1C)S(C)(=O)=O. The van der Waals surface area contributed by atoms with Gasteiger partial charge in [0.05, 0.1) is 11.9 Å². The molecule has 0 saturated heterocycles. The van der Waals surface area contributed by atoms with Crippen LogP contribution >= 0.6 is 11.6 Å². The fourth-order valence-electron chi connectivity index (χ4n) is 3.70. The van der Waals surface area contributed by atoms with E-state index in [2.05, 4.69) is 0 Å². The molecule has 0 saturated carbocycles. The van der Waals surface area contributed by atoms with Crippen molar-refractivity contribution in [2.75, 3.05) is 15.5 Å². The van der Waals surface area contributed by atoms with Crippen LogP contribution in [0.1, 0.15) is 25.0 Å². The summed E-state index contributed by atoms with van der Waals surface area (Å²) in [4.78, 5) is 15.1. The molecule has 0 spiro atoms. The quantitative estimate of drug-likeness (QED) is 0.776. The minimum atomic E-state index is -3.70. The zero-order chi connectivity index (χ0) is 19.9. The molecular formula is C20H23ClN2O3S. The normalized spacial score (nSPS) is 17.5. The van der Waals surface area contributed by atoms with Crippen LogP contribution in [0.15, 0.2) is 42.5 Å². The van der Waals surface area contributed by atoms with Crippen LogP contribution in [0.4, 0.5) is 11.4 Å². The maximum Gasteiger partial charge on any atom is 0.250 e. The van der Waals surface area contributed by atoms with Crippen molar-refractivity contribution < 1.29 is 13.2 Å². The number of rotatable bonds is 4. The van der Waals surface area contributed by atoms with Crippen LogP contribution < -0.4 is 9.21 Å². The average molecular weight is 407 g/mol. The van der Waals surface area contributed by atoms with Gasteiger partial charge in [0, 0.05) is 16.8 Å². The van der Waals surface area contributed by atoms with Gasteiger partial charge < -0.3 is 4.90 Å². The van der Waals surface area contributed by atoms with Crippen molar-refractivity contribution in [1.29, 1.82) is 0 Å². The second-order valence-electron chi connectivity index (χ2n) is 7.06. The largest absolute Gasteiger partial charge is 0.307 e. The summed E-state index contributed by atoms with van der Waals surface area (Å²) in [5.74, 6) is -0.253. The summed E-state index contributed by atoms with van der Waals surface area (Å²) in [6.07, 6.45) is 1.86. The van der Waals surface area contributed by atoms with Crippen LogP contribution in [0.5, 0.6) is 0 Å². The molecule has 1 aliphatic heterocycles. The van der Waals surface area contributed by atoms with E-state index in [1.807, 2.05) is 31.2 Å². The third-order valence-electron chi connectivity index (χ3n) is 4.92. The molecule has 0 aliphatic carbocycles. The molecule has 3 rings (SSSR count). The lowest BCUT2D eigenvalue weighted by atomic mass is 10.1. The Bertz CT molecular complexity index is 990. The van der Waals surface area contributed by atoms with Crippen LogP contribution in [0.25, 0.3) is 0 Å². The fraction of sp³-hybridized carbons (Fsp3) is 0.350. The van der Waals surface area contributed by atoms with Gasteiger partial charge in [-0.25, -0.2) is 8.42 Å². The minimum absolute atomic E-state index is 0.0285. The van der Waals surface area contributed by atoms with Gasteiger partial charge in [-0.2, -0.15) is 0 Å². The first kappa shape index (κ1) is 19.7. The first-order valence-corrected chi connectivity index (χ1v) is 11.0. The molecule has 1 amide bonds. The predicted molar refractivity (Wildman–Crippen MR) is 110 cm³/mol. The van der Waals surface area contributed by atoms with Gasteiger partial charge in [-0.05, 0) is 56.5 Å². The molecule has 0 unspecified atom stereocenters. The summed E-state index contributed by atoms with van der Waals surface area (Å²) in [7, 11) is -3.70. The topological polar surface area (TPSA) is 57.7 Å². The molecule has 27 heavy (non-hydrogen) atoms. The maximum atomic E-state index is 13.4. The van der Waals surface area contributed by atoms with E-state index in [1.165, 1.54) is 4.31 Å². The number of halogens is 1. The van der Waals surface area contributed by atoms with Crippen LogP contribution in [0, 0.1) is 6.92 Å². The Morgan fingerprint density at radius 2 is 1.93 bits per heavy atom. The molecule has 7 heteroatoms. The first-order chi connectivity index (χ1) is 12.6. The number of carbonyl (C=O) groups excluding carboxylic acids is 1. The smallest absolute Gasteiger partial charge is 0.250 e. The Morgan fingerprint density at radius 3 is 2.59 bits per heavy atom. The molecule has 0 aromatic heterocycles. The Kier molecular flexibility index (Phi) is 5.23. The van der Waals surface area contributed by atoms with Crippen LogP contribution in [-0.2, 0) is 21.2 Å². The van der Waals surface area contributed by atoms with Gasteiger partial charge >= 0.3 is 0 Å². The van der Waals surface area contributed by atoms with Crippen LogP contribution in [0.3, 0.4) is 0 Å². The van der Waals surface area contributed by atoms with Crippen LogP contribution in [0.2, 0.25) is 5.02 Å². The number of aryl methyl sites for hydroxylation is 1. The Hall–Kier alpha value is -2.05. The van der Waals surface area contributed by atoms with Crippen molar-refractivity contribution in [2.24, 2.45) is 0 Å². The highest BCUT2D eigenvalue weighted by Gasteiger charge is 2.38. The number of nitrogens with zero attached hydrogens (tertiary/aromatic N) is 2. The van der Waals surface area contributed by atoms with Gasteiger partial charge in [0.1, 0.15) is 6.04 Å². The highest BCUT2D eigenvalue weighted by molar-refractivity contribution is 7.92. The number of fused-ring (bicyclic) bond motifs is 1. The number of carbonyl (C=O) groups is 1. The highest BCUT2D eigenvalue weighted by Crippen LogP contribution is 2.34. The van der Waals surface area contributed by atoms with Crippen molar-refractivity contribution in [2.45, 2.75) is 39.3 Å². The van der Waals surface area contributed by atoms with Crippen molar-refractivity contribution in [3.05, 3.63) is 58.6 Å². The molecular weight excluding hydrogens is 384 g/mol. The van der Waals surface area contributed by atoms with E-state index >= 15 is 0 Å². The molecule has 5 nitrogen and oxygen atoms in total. The monoisotopic (exact) mass is 406 g/mol. The second kappa shape index (κ2) is 7.17. The predicted octanol–water partition coefficient (Wildman–Crippen LogP) is 3.78. The summed E-state index contributed by atoms with van der Waals surface area (Å²) in [6, 6.07) is 11.8. The van der Waals surface area contributed by atoms with Crippen molar-refractivity contribution >= 4 is 38.9 Å². The molecule has 2 aromatic carbocycles. The zero-order valence-corrected chi connectivity index (χ0v) is 17.4. The van der Waals surface area contributed by atoms with Gasteiger partial charge in [0.15, 0.2) is 0 Å². The Labute approximate surface area is 165 Å². The number of benzene rings is 2. The van der Waals surface area contributed by atoms with E-state index in [4.69, 9.17) is 11.6 Å². The summed E-state index contributed by atoms with van der Waals surface area (Å²) in [5.41, 5.74) is 3.10. The van der Waals surface area contributed by atoms with Crippen molar-refractivity contribution in [3.63, 3.8) is 0 Å². The number of amides is 1. The van der Waals surface area contributed by atoms with Crippen LogP contribution in [-0.4, -0.2) is 32.7 Å². The molecule has 0 radical (unpaired) electrons. The molecule has 0 N–H and O–H groups in total. The standard InChI is InChI=1S/C20H23ClN2O3S/c1-13-9-10-17(21)12-19(13)23(27(4,25)26)15(3)20(24)22-14(2)11-16-7-5-6-8-18(16)22/h5-10,12,14-15H,11H2,1-4H3/t14-,15-/m1/s1. The van der Waals surface area contributed by atoms with Gasteiger partial charge in [-0.15, -0.1) is 0 Å². The number of hydrogen-bond acceptors (Lipinski definition) is 3. The van der Waals surface area contributed by atoms with E-state index in [9.17, 15) is 13.2 Å². The number of sulfonamides is 1. The van der Waals surface area contributed by atoms with E-state index < -0.39 is 16.1 Å². The molecule has 1 aliphatic rings. The van der Waals surface area contributed by atoms with E-state index in [1.54, 1.807) is 36.9 Å².